The van der Waals surface area contributed by atoms with Crippen molar-refractivity contribution < 1.29 is 52.5 Å². The van der Waals surface area contributed by atoms with E-state index in [1.54, 1.807) is 0 Å². The maximum atomic E-state index is 11.3. The maximum absolute atomic E-state index is 11.3. The SMILES string of the molecule is O=P(O)(O)OCCC(F)(F)F.OCCNCCO.OCCNCCO. The first-order valence-corrected chi connectivity index (χ1v) is 8.68. The Morgan fingerprint density at radius 1 is 0.800 bits per heavy atom. The first-order chi connectivity index (χ1) is 11.5. The monoisotopic (exact) mass is 404 g/mol. The van der Waals surface area contributed by atoms with Gasteiger partial charge in [-0.3, -0.25) is 4.52 Å². The van der Waals surface area contributed by atoms with Gasteiger partial charge in [-0.15, -0.1) is 0 Å². The number of nitrogens with one attached hydrogen (secondary N) is 2. The highest BCUT2D eigenvalue weighted by Gasteiger charge is 2.28. The Balaban J connectivity index is -0.000000304. The van der Waals surface area contributed by atoms with Gasteiger partial charge in [0.05, 0.1) is 39.5 Å². The lowest BCUT2D eigenvalue weighted by Crippen LogP contribution is -2.21. The minimum absolute atomic E-state index is 0.139. The molecule has 14 heteroatoms. The molecule has 0 saturated heterocycles. The molecule has 0 aromatic carbocycles. The molecule has 0 amide bonds. The Bertz CT molecular complexity index is 290. The Morgan fingerprint density at radius 3 is 1.32 bits per heavy atom. The molecule has 0 atom stereocenters. The first-order valence-electron chi connectivity index (χ1n) is 7.15. The standard InChI is InChI=1S/2C4H11NO2.C3H6F3O4P/c2*6-3-1-5-2-4-7;4-3(5,6)1-2-10-11(7,8)9/h2*5-7H,1-4H2;1-2H2,(H2,7,8,9). The number of aliphatic hydroxyl groups is 4. The lowest BCUT2D eigenvalue weighted by molar-refractivity contribution is -0.140. The van der Waals surface area contributed by atoms with Crippen LogP contribution < -0.4 is 10.6 Å². The van der Waals surface area contributed by atoms with Crippen molar-refractivity contribution in [3.63, 3.8) is 0 Å². The van der Waals surface area contributed by atoms with Gasteiger partial charge in [0, 0.05) is 26.2 Å². The average molecular weight is 404 g/mol. The fraction of sp³-hybridized carbons (Fsp3) is 1.00. The molecule has 0 saturated carbocycles. The minimum atomic E-state index is -4.75. The highest BCUT2D eigenvalue weighted by atomic mass is 31.2. The molecule has 0 aromatic rings. The van der Waals surface area contributed by atoms with Gasteiger partial charge in [-0.25, -0.2) is 4.57 Å². The molecule has 156 valence electrons. The van der Waals surface area contributed by atoms with Crippen molar-refractivity contribution in [1.82, 2.24) is 10.6 Å². The third-order valence-electron chi connectivity index (χ3n) is 1.80. The molecule has 0 bridgehead atoms. The van der Waals surface area contributed by atoms with Gasteiger partial charge in [-0.2, -0.15) is 13.2 Å². The van der Waals surface area contributed by atoms with Gasteiger partial charge in [0.15, 0.2) is 0 Å². The van der Waals surface area contributed by atoms with Crippen LogP contribution in [0.1, 0.15) is 6.42 Å². The van der Waals surface area contributed by atoms with Crippen molar-refractivity contribution in [3.05, 3.63) is 0 Å². The summed E-state index contributed by atoms with van der Waals surface area (Å²) in [6.45, 7) is 1.82. The summed E-state index contributed by atoms with van der Waals surface area (Å²) >= 11 is 0. The van der Waals surface area contributed by atoms with Crippen LogP contribution in [0.3, 0.4) is 0 Å². The quantitative estimate of drug-likeness (QED) is 0.145. The second-order valence-corrected chi connectivity index (χ2v) is 5.32. The molecule has 0 heterocycles. The predicted molar refractivity (Wildman–Crippen MR) is 82.8 cm³/mol. The van der Waals surface area contributed by atoms with Crippen LogP contribution in [0.4, 0.5) is 13.2 Å². The van der Waals surface area contributed by atoms with Crippen LogP contribution in [0, 0.1) is 0 Å². The van der Waals surface area contributed by atoms with E-state index in [9.17, 15) is 17.7 Å². The number of aliphatic hydroxyl groups excluding tert-OH is 4. The number of rotatable bonds is 11. The smallest absolute Gasteiger partial charge is 0.395 e. The molecule has 0 aliphatic rings. The molecule has 8 N–H and O–H groups in total. The van der Waals surface area contributed by atoms with Crippen molar-refractivity contribution in [3.8, 4) is 0 Å². The van der Waals surface area contributed by atoms with Gasteiger partial charge in [-0.05, 0) is 0 Å². The van der Waals surface area contributed by atoms with Crippen molar-refractivity contribution in [2.24, 2.45) is 0 Å². The second-order valence-electron chi connectivity index (χ2n) is 4.08. The number of halogens is 3. The van der Waals surface area contributed by atoms with Crippen LogP contribution in [-0.4, -0.2) is 95.6 Å². The molecule has 0 radical (unpaired) electrons. The third-order valence-corrected chi connectivity index (χ3v) is 2.32. The molecule has 0 rings (SSSR count). The van der Waals surface area contributed by atoms with Gasteiger partial charge < -0.3 is 40.8 Å². The van der Waals surface area contributed by atoms with E-state index in [0.29, 0.717) is 26.2 Å². The molecule has 10 nitrogen and oxygen atoms in total. The van der Waals surface area contributed by atoms with Crippen molar-refractivity contribution in [1.29, 1.82) is 0 Å². The largest absolute Gasteiger partial charge is 0.469 e. The molecule has 0 fully saturated rings. The summed E-state index contributed by atoms with van der Waals surface area (Å²) in [7, 11) is -4.75. The Hall–Kier alpha value is -0.340. The van der Waals surface area contributed by atoms with E-state index in [4.69, 9.17) is 30.2 Å². The molecule has 0 unspecified atom stereocenters. The summed E-state index contributed by atoms with van der Waals surface area (Å²) in [4.78, 5) is 15.9. The number of hydrogen-bond donors (Lipinski definition) is 8. The van der Waals surface area contributed by atoms with Gasteiger partial charge in [0.2, 0.25) is 0 Å². The van der Waals surface area contributed by atoms with Gasteiger partial charge in [-0.1, -0.05) is 0 Å². The van der Waals surface area contributed by atoms with E-state index in [1.165, 1.54) is 0 Å². The van der Waals surface area contributed by atoms with Gasteiger partial charge in [0.1, 0.15) is 0 Å². The van der Waals surface area contributed by atoms with E-state index < -0.39 is 27.0 Å². The fourth-order valence-electron chi connectivity index (χ4n) is 0.847. The highest BCUT2D eigenvalue weighted by Crippen LogP contribution is 2.36. The summed E-state index contributed by atoms with van der Waals surface area (Å²) in [5.74, 6) is 0. The van der Waals surface area contributed by atoms with Crippen LogP contribution in [-0.2, 0) is 9.09 Å². The summed E-state index contributed by atoms with van der Waals surface area (Å²) in [5, 5.41) is 38.2. The van der Waals surface area contributed by atoms with Crippen LogP contribution in [0.15, 0.2) is 0 Å². The van der Waals surface area contributed by atoms with Gasteiger partial charge in [0.25, 0.3) is 0 Å². The van der Waals surface area contributed by atoms with Crippen LogP contribution in [0.25, 0.3) is 0 Å². The molecular weight excluding hydrogens is 376 g/mol. The lowest BCUT2D eigenvalue weighted by Gasteiger charge is -2.06. The molecule has 0 aromatic heterocycles. The normalized spacial score (nSPS) is 11.2. The predicted octanol–water partition coefficient (Wildman–Crippen LogP) is -1.83. The van der Waals surface area contributed by atoms with Crippen molar-refractivity contribution in [2.45, 2.75) is 12.6 Å². The van der Waals surface area contributed by atoms with Crippen molar-refractivity contribution in [2.75, 3.05) is 59.2 Å². The summed E-state index contributed by atoms with van der Waals surface area (Å²) in [6, 6.07) is 0. The van der Waals surface area contributed by atoms with Crippen molar-refractivity contribution >= 4 is 7.82 Å². The Labute approximate surface area is 143 Å². The lowest BCUT2D eigenvalue weighted by atomic mass is 10.5. The second kappa shape index (κ2) is 20.0. The molecule has 0 aliphatic heterocycles. The number of hydrogen-bond acceptors (Lipinski definition) is 8. The molecule has 0 aliphatic carbocycles. The van der Waals surface area contributed by atoms with Crippen LogP contribution in [0.2, 0.25) is 0 Å². The van der Waals surface area contributed by atoms with E-state index in [2.05, 4.69) is 15.2 Å². The highest BCUT2D eigenvalue weighted by molar-refractivity contribution is 7.46. The first kappa shape index (κ1) is 29.4. The van der Waals surface area contributed by atoms with E-state index >= 15 is 0 Å². The van der Waals surface area contributed by atoms with Crippen LogP contribution in [0.5, 0.6) is 0 Å². The topological polar surface area (TPSA) is 172 Å². The number of phosphoric ester groups is 1. The Morgan fingerprint density at radius 2 is 1.12 bits per heavy atom. The summed E-state index contributed by atoms with van der Waals surface area (Å²) < 4.78 is 47.3. The summed E-state index contributed by atoms with van der Waals surface area (Å²) in [6.07, 6.45) is -5.81. The minimum Gasteiger partial charge on any atom is -0.395 e. The van der Waals surface area contributed by atoms with E-state index in [0.717, 1.165) is 0 Å². The van der Waals surface area contributed by atoms with Gasteiger partial charge >= 0.3 is 14.0 Å². The van der Waals surface area contributed by atoms with Crippen LogP contribution >= 0.6 is 7.82 Å². The zero-order valence-electron chi connectivity index (χ0n) is 13.7. The number of phosphoric acid groups is 1. The molecular formula is C11H28F3N2O8P. The summed E-state index contributed by atoms with van der Waals surface area (Å²) in [5.41, 5.74) is 0. The fourth-order valence-corrected chi connectivity index (χ4v) is 1.18. The maximum Gasteiger partial charge on any atom is 0.469 e. The molecule has 0 spiro atoms. The zero-order valence-corrected chi connectivity index (χ0v) is 14.5. The third kappa shape index (κ3) is 45.3. The molecule has 25 heavy (non-hydrogen) atoms. The average Bonchev–Trinajstić information content (AvgIpc) is 2.47. The van der Waals surface area contributed by atoms with E-state index in [-0.39, 0.29) is 26.4 Å². The number of alkyl halides is 3. The Kier molecular flexibility index (Phi) is 23.5. The zero-order chi connectivity index (χ0) is 20.2. The van der Waals surface area contributed by atoms with E-state index in [1.807, 2.05) is 0 Å².